The molecule has 0 amide bonds. The van der Waals surface area contributed by atoms with Gasteiger partial charge in [0.15, 0.2) is 5.96 Å². The maximum atomic E-state index is 6.10. The van der Waals surface area contributed by atoms with Gasteiger partial charge in [-0.25, -0.2) is 4.99 Å². The summed E-state index contributed by atoms with van der Waals surface area (Å²) in [7, 11) is 1.97. The monoisotopic (exact) mass is 405 g/mol. The highest BCUT2D eigenvalue weighted by Crippen LogP contribution is 2.30. The second kappa shape index (κ2) is 6.96. The Kier molecular flexibility index (Phi) is 5.24. The SMILES string of the molecule is Cc1ccc(C2=CC(c3ccccc3)N(C)C(N)=N2)cc1.I. The number of hydrogen-bond acceptors (Lipinski definition) is 3. The third-order valence-electron chi connectivity index (χ3n) is 3.82. The summed E-state index contributed by atoms with van der Waals surface area (Å²) in [5.41, 5.74) is 10.6. The number of benzene rings is 2. The van der Waals surface area contributed by atoms with Gasteiger partial charge in [0.25, 0.3) is 0 Å². The van der Waals surface area contributed by atoms with Crippen LogP contribution >= 0.6 is 24.0 Å². The van der Waals surface area contributed by atoms with Crippen LogP contribution in [0.25, 0.3) is 5.70 Å². The number of nitrogens with zero attached hydrogens (tertiary/aromatic N) is 2. The molecule has 0 spiro atoms. The summed E-state index contributed by atoms with van der Waals surface area (Å²) in [6.45, 7) is 2.08. The number of rotatable bonds is 2. The van der Waals surface area contributed by atoms with E-state index in [1.165, 1.54) is 11.1 Å². The smallest absolute Gasteiger partial charge is 0.197 e. The van der Waals surface area contributed by atoms with Gasteiger partial charge in [0.1, 0.15) is 0 Å². The maximum Gasteiger partial charge on any atom is 0.197 e. The van der Waals surface area contributed by atoms with Gasteiger partial charge in [-0.05, 0) is 18.6 Å². The summed E-state index contributed by atoms with van der Waals surface area (Å²) in [6.07, 6.45) is 2.16. The van der Waals surface area contributed by atoms with Gasteiger partial charge in [0.05, 0.1) is 11.7 Å². The third-order valence-corrected chi connectivity index (χ3v) is 3.82. The van der Waals surface area contributed by atoms with Crippen molar-refractivity contribution in [3.63, 3.8) is 0 Å². The van der Waals surface area contributed by atoms with Crippen molar-refractivity contribution >= 4 is 35.6 Å². The van der Waals surface area contributed by atoms with Crippen LogP contribution in [0.4, 0.5) is 0 Å². The lowest BCUT2D eigenvalue weighted by Crippen LogP contribution is -2.38. The van der Waals surface area contributed by atoms with Gasteiger partial charge < -0.3 is 10.6 Å². The highest BCUT2D eigenvalue weighted by Gasteiger charge is 2.22. The number of nitrogens with two attached hydrogens (primary N) is 1. The molecule has 3 rings (SSSR count). The van der Waals surface area contributed by atoms with Crippen LogP contribution in [0, 0.1) is 6.92 Å². The Morgan fingerprint density at radius 1 is 1.00 bits per heavy atom. The molecule has 0 radical (unpaired) electrons. The number of likely N-dealkylation sites (N-methyl/N-ethyl adjacent to an activating group) is 1. The lowest BCUT2D eigenvalue weighted by molar-refractivity contribution is 0.429. The van der Waals surface area contributed by atoms with Crippen LogP contribution in [0.1, 0.15) is 22.7 Å². The molecule has 3 nitrogen and oxygen atoms in total. The minimum absolute atomic E-state index is 0. The van der Waals surface area contributed by atoms with E-state index >= 15 is 0 Å². The summed E-state index contributed by atoms with van der Waals surface area (Å²) >= 11 is 0. The van der Waals surface area contributed by atoms with Crippen molar-refractivity contribution in [1.82, 2.24) is 4.90 Å². The molecule has 1 aliphatic rings. The minimum atomic E-state index is 0. The van der Waals surface area contributed by atoms with Crippen molar-refractivity contribution in [3.8, 4) is 0 Å². The van der Waals surface area contributed by atoms with Gasteiger partial charge in [-0.3, -0.25) is 0 Å². The Morgan fingerprint density at radius 2 is 1.64 bits per heavy atom. The predicted molar refractivity (Wildman–Crippen MR) is 103 cm³/mol. The molecule has 2 aromatic carbocycles. The molecular weight excluding hydrogens is 385 g/mol. The van der Waals surface area contributed by atoms with Crippen LogP contribution in [0.3, 0.4) is 0 Å². The summed E-state index contributed by atoms with van der Waals surface area (Å²) in [6, 6.07) is 18.8. The van der Waals surface area contributed by atoms with Gasteiger partial charge in [-0.1, -0.05) is 60.2 Å². The predicted octanol–water partition coefficient (Wildman–Crippen LogP) is 3.96. The fraction of sp³-hybridized carbons (Fsp3) is 0.167. The third kappa shape index (κ3) is 3.32. The average molecular weight is 405 g/mol. The van der Waals surface area contributed by atoms with Crippen molar-refractivity contribution in [3.05, 3.63) is 77.4 Å². The zero-order valence-corrected chi connectivity index (χ0v) is 15.1. The van der Waals surface area contributed by atoms with Gasteiger partial charge >= 0.3 is 0 Å². The van der Waals surface area contributed by atoms with Crippen LogP contribution in [0.15, 0.2) is 65.7 Å². The average Bonchev–Trinajstić information content (AvgIpc) is 2.51. The van der Waals surface area contributed by atoms with Crippen molar-refractivity contribution in [2.24, 2.45) is 10.7 Å². The molecule has 22 heavy (non-hydrogen) atoms. The molecule has 0 bridgehead atoms. The first-order valence-corrected chi connectivity index (χ1v) is 7.06. The lowest BCUT2D eigenvalue weighted by Gasteiger charge is -2.31. The Bertz CT molecular complexity index is 690. The number of halogens is 1. The first kappa shape index (κ1) is 16.5. The second-order valence-corrected chi connectivity index (χ2v) is 5.35. The maximum absolute atomic E-state index is 6.10. The number of guanidine groups is 1. The first-order valence-electron chi connectivity index (χ1n) is 7.06. The second-order valence-electron chi connectivity index (χ2n) is 5.35. The normalized spacial score (nSPS) is 17.4. The Balaban J connectivity index is 0.00000176. The minimum Gasteiger partial charge on any atom is -0.369 e. The Labute approximate surface area is 148 Å². The van der Waals surface area contributed by atoms with E-state index < -0.39 is 0 Å². The fourth-order valence-corrected chi connectivity index (χ4v) is 2.50. The highest BCUT2D eigenvalue weighted by molar-refractivity contribution is 14.0. The fourth-order valence-electron chi connectivity index (χ4n) is 2.50. The molecule has 1 unspecified atom stereocenters. The summed E-state index contributed by atoms with van der Waals surface area (Å²) in [4.78, 5) is 6.51. The van der Waals surface area contributed by atoms with E-state index in [4.69, 9.17) is 5.73 Å². The van der Waals surface area contributed by atoms with Gasteiger partial charge in [0.2, 0.25) is 0 Å². The van der Waals surface area contributed by atoms with Crippen molar-refractivity contribution in [2.75, 3.05) is 7.05 Å². The van der Waals surface area contributed by atoms with Crippen LogP contribution in [-0.4, -0.2) is 17.9 Å². The van der Waals surface area contributed by atoms with E-state index in [9.17, 15) is 0 Å². The molecule has 0 fully saturated rings. The Hall–Kier alpha value is -1.82. The van der Waals surface area contributed by atoms with E-state index in [1.54, 1.807) is 0 Å². The molecule has 1 aliphatic heterocycles. The molecule has 0 saturated heterocycles. The quantitative estimate of drug-likeness (QED) is 0.769. The lowest BCUT2D eigenvalue weighted by atomic mass is 10.0. The van der Waals surface area contributed by atoms with E-state index in [0.29, 0.717) is 5.96 Å². The first-order chi connectivity index (χ1) is 10.1. The zero-order valence-electron chi connectivity index (χ0n) is 12.7. The van der Waals surface area contributed by atoms with Crippen LogP contribution < -0.4 is 5.73 Å². The van der Waals surface area contributed by atoms with Crippen molar-refractivity contribution < 1.29 is 0 Å². The molecule has 2 N–H and O–H groups in total. The molecule has 0 saturated carbocycles. The Morgan fingerprint density at radius 3 is 2.27 bits per heavy atom. The van der Waals surface area contributed by atoms with Crippen LogP contribution in [0.2, 0.25) is 0 Å². The summed E-state index contributed by atoms with van der Waals surface area (Å²) in [5.74, 6) is 0.543. The molecule has 0 aromatic heterocycles. The summed E-state index contributed by atoms with van der Waals surface area (Å²) < 4.78 is 0. The molecule has 4 heteroatoms. The summed E-state index contributed by atoms with van der Waals surface area (Å²) in [5, 5.41) is 0. The van der Waals surface area contributed by atoms with Crippen molar-refractivity contribution in [1.29, 1.82) is 0 Å². The van der Waals surface area contributed by atoms with E-state index in [1.807, 2.05) is 30.1 Å². The largest absolute Gasteiger partial charge is 0.369 e. The molecule has 2 aromatic rings. The molecule has 0 aliphatic carbocycles. The van der Waals surface area contributed by atoms with Gasteiger partial charge in [-0.2, -0.15) is 0 Å². The number of aliphatic imine (C=N–C) groups is 1. The van der Waals surface area contributed by atoms with Crippen molar-refractivity contribution in [2.45, 2.75) is 13.0 Å². The molecule has 1 atom stereocenters. The number of hydrogen-bond donors (Lipinski definition) is 1. The molecule has 1 heterocycles. The topological polar surface area (TPSA) is 41.6 Å². The zero-order chi connectivity index (χ0) is 14.8. The van der Waals surface area contributed by atoms with E-state index in [2.05, 4.69) is 54.4 Å². The standard InChI is InChI=1S/C18H19N3.HI/c1-13-8-10-14(11-9-13)16-12-17(21(2)18(19)20-16)15-6-4-3-5-7-15;/h3-12,17H,1-2H3,(H2,19,20);1H. The highest BCUT2D eigenvalue weighted by atomic mass is 127. The van der Waals surface area contributed by atoms with Crippen LogP contribution in [-0.2, 0) is 0 Å². The molecular formula is C18H20IN3. The molecule has 114 valence electrons. The van der Waals surface area contributed by atoms with Gasteiger partial charge in [0, 0.05) is 12.6 Å². The van der Waals surface area contributed by atoms with E-state index in [-0.39, 0.29) is 30.0 Å². The van der Waals surface area contributed by atoms with Crippen LogP contribution in [0.5, 0.6) is 0 Å². The number of aryl methyl sites for hydroxylation is 1. The van der Waals surface area contributed by atoms with E-state index in [0.717, 1.165) is 11.3 Å². The van der Waals surface area contributed by atoms with Gasteiger partial charge in [-0.15, -0.1) is 24.0 Å².